The molecule has 1 aliphatic rings. The van der Waals surface area contributed by atoms with E-state index in [9.17, 15) is 9.59 Å². The Morgan fingerprint density at radius 1 is 1.62 bits per heavy atom. The molecule has 5 nitrogen and oxygen atoms in total. The van der Waals surface area contributed by atoms with E-state index in [-0.39, 0.29) is 12.5 Å². The molecule has 1 aliphatic heterocycles. The summed E-state index contributed by atoms with van der Waals surface area (Å²) in [5.74, 6) is 0.467. The summed E-state index contributed by atoms with van der Waals surface area (Å²) >= 11 is 0. The molecule has 1 aromatic heterocycles. The van der Waals surface area contributed by atoms with Crippen LogP contribution in [-0.2, 0) is 16.0 Å². The summed E-state index contributed by atoms with van der Waals surface area (Å²) in [5, 5.41) is 0. The molecule has 2 rings (SSSR count). The summed E-state index contributed by atoms with van der Waals surface area (Å²) in [4.78, 5) is 30.7. The summed E-state index contributed by atoms with van der Waals surface area (Å²) in [6.45, 7) is 0.0723. The molecular formula is C8H7N3O2. The molecule has 0 unspecified atom stereocenters. The Kier molecular flexibility index (Phi) is 1.77. The molecular weight excluding hydrogens is 170 g/mol. The average molecular weight is 177 g/mol. The quantitative estimate of drug-likeness (QED) is 0.575. The monoisotopic (exact) mass is 177 g/mol. The predicted octanol–water partition coefficient (Wildman–Crippen LogP) is -0.435. The van der Waals surface area contributed by atoms with Gasteiger partial charge in [0.25, 0.3) is 0 Å². The molecule has 0 bridgehead atoms. The van der Waals surface area contributed by atoms with Crippen molar-refractivity contribution >= 4 is 18.0 Å². The fraction of sp³-hybridized carbons (Fsp3) is 0.250. The van der Waals surface area contributed by atoms with Crippen LogP contribution in [0, 0.1) is 0 Å². The Morgan fingerprint density at radius 3 is 3.23 bits per heavy atom. The van der Waals surface area contributed by atoms with Gasteiger partial charge in [0, 0.05) is 11.8 Å². The van der Waals surface area contributed by atoms with Gasteiger partial charge in [0.1, 0.15) is 18.4 Å². The summed E-state index contributed by atoms with van der Waals surface area (Å²) in [7, 11) is 0. The van der Waals surface area contributed by atoms with Gasteiger partial charge in [-0.15, -0.1) is 0 Å². The molecule has 66 valence electrons. The Hall–Kier alpha value is -1.78. The molecule has 0 N–H and O–H groups in total. The van der Waals surface area contributed by atoms with Crippen molar-refractivity contribution in [1.29, 1.82) is 0 Å². The molecule has 0 atom stereocenters. The highest BCUT2D eigenvalue weighted by atomic mass is 16.2. The maximum Gasteiger partial charge on any atom is 0.233 e. The van der Waals surface area contributed by atoms with Gasteiger partial charge in [0.05, 0.1) is 13.0 Å². The van der Waals surface area contributed by atoms with E-state index in [1.54, 1.807) is 6.20 Å². The van der Waals surface area contributed by atoms with Crippen LogP contribution in [0.4, 0.5) is 5.82 Å². The van der Waals surface area contributed by atoms with Gasteiger partial charge in [-0.3, -0.25) is 9.69 Å². The second-order valence-corrected chi connectivity index (χ2v) is 2.72. The number of hydrogen-bond acceptors (Lipinski definition) is 4. The number of amides is 1. The van der Waals surface area contributed by atoms with Crippen LogP contribution in [0.25, 0.3) is 0 Å². The number of anilines is 1. The minimum atomic E-state index is -0.0948. The lowest BCUT2D eigenvalue weighted by atomic mass is 10.3. The van der Waals surface area contributed by atoms with E-state index in [4.69, 9.17) is 0 Å². The Labute approximate surface area is 74.4 Å². The summed E-state index contributed by atoms with van der Waals surface area (Å²) in [5.41, 5.74) is 0.786. The minimum absolute atomic E-state index is 0.0723. The molecule has 2 heterocycles. The van der Waals surface area contributed by atoms with Crippen LogP contribution in [0.1, 0.15) is 5.56 Å². The van der Waals surface area contributed by atoms with E-state index in [2.05, 4.69) is 9.97 Å². The summed E-state index contributed by atoms with van der Waals surface area (Å²) < 4.78 is 0. The molecule has 0 saturated carbocycles. The molecule has 1 aromatic rings. The first-order chi connectivity index (χ1) is 6.33. The van der Waals surface area contributed by atoms with Gasteiger partial charge in [-0.25, -0.2) is 9.97 Å². The standard InChI is InChI=1S/C8H7N3O2/c12-2-1-11-7(13)3-6-4-9-5-10-8(6)11/h2,4-5H,1,3H2. The number of aromatic nitrogens is 2. The maximum atomic E-state index is 11.3. The topological polar surface area (TPSA) is 63.2 Å². The molecule has 5 heteroatoms. The Morgan fingerprint density at radius 2 is 2.46 bits per heavy atom. The third-order valence-corrected chi connectivity index (χ3v) is 1.92. The van der Waals surface area contributed by atoms with Gasteiger partial charge in [-0.1, -0.05) is 0 Å². The summed E-state index contributed by atoms with van der Waals surface area (Å²) in [6, 6.07) is 0. The van der Waals surface area contributed by atoms with E-state index in [1.165, 1.54) is 11.2 Å². The second kappa shape index (κ2) is 2.93. The van der Waals surface area contributed by atoms with Crippen molar-refractivity contribution in [1.82, 2.24) is 9.97 Å². The van der Waals surface area contributed by atoms with Gasteiger partial charge < -0.3 is 4.79 Å². The van der Waals surface area contributed by atoms with Gasteiger partial charge in [-0.05, 0) is 0 Å². The maximum absolute atomic E-state index is 11.3. The number of fused-ring (bicyclic) bond motifs is 1. The first-order valence-corrected chi connectivity index (χ1v) is 3.86. The number of carbonyl (C=O) groups is 2. The highest BCUT2D eigenvalue weighted by Crippen LogP contribution is 2.23. The van der Waals surface area contributed by atoms with Crippen molar-refractivity contribution in [2.75, 3.05) is 11.4 Å². The third-order valence-electron chi connectivity index (χ3n) is 1.92. The van der Waals surface area contributed by atoms with Crippen molar-refractivity contribution in [2.45, 2.75) is 6.42 Å². The number of carbonyl (C=O) groups excluding carboxylic acids is 2. The Bertz CT molecular complexity index is 364. The molecule has 1 amide bonds. The van der Waals surface area contributed by atoms with Crippen molar-refractivity contribution in [3.8, 4) is 0 Å². The van der Waals surface area contributed by atoms with Crippen molar-refractivity contribution in [3.63, 3.8) is 0 Å². The van der Waals surface area contributed by atoms with Crippen LogP contribution in [0.3, 0.4) is 0 Å². The fourth-order valence-electron chi connectivity index (χ4n) is 1.36. The normalized spacial score (nSPS) is 14.5. The molecule has 0 aromatic carbocycles. The first kappa shape index (κ1) is 7.85. The first-order valence-electron chi connectivity index (χ1n) is 3.86. The van der Waals surface area contributed by atoms with E-state index >= 15 is 0 Å². The number of nitrogens with zero attached hydrogens (tertiary/aromatic N) is 3. The van der Waals surface area contributed by atoms with Crippen molar-refractivity contribution < 1.29 is 9.59 Å². The molecule has 0 fully saturated rings. The van der Waals surface area contributed by atoms with E-state index < -0.39 is 0 Å². The number of rotatable bonds is 2. The van der Waals surface area contributed by atoms with Gasteiger partial charge >= 0.3 is 0 Å². The van der Waals surface area contributed by atoms with Crippen LogP contribution in [0.5, 0.6) is 0 Å². The lowest BCUT2D eigenvalue weighted by molar-refractivity contribution is -0.118. The Balaban J connectivity index is 2.40. The predicted molar refractivity (Wildman–Crippen MR) is 44.2 cm³/mol. The summed E-state index contributed by atoms with van der Waals surface area (Å²) in [6.07, 6.45) is 3.96. The zero-order valence-corrected chi connectivity index (χ0v) is 6.80. The zero-order valence-electron chi connectivity index (χ0n) is 6.80. The average Bonchev–Trinajstić information content (AvgIpc) is 2.44. The lowest BCUT2D eigenvalue weighted by Crippen LogP contribution is -2.28. The molecule has 0 spiro atoms. The molecule has 13 heavy (non-hydrogen) atoms. The molecule has 0 saturated heterocycles. The van der Waals surface area contributed by atoms with Crippen molar-refractivity contribution in [2.24, 2.45) is 0 Å². The van der Waals surface area contributed by atoms with Gasteiger partial charge in [0.2, 0.25) is 5.91 Å². The van der Waals surface area contributed by atoms with E-state index in [1.807, 2.05) is 0 Å². The van der Waals surface area contributed by atoms with Crippen LogP contribution in [0.15, 0.2) is 12.5 Å². The molecule has 0 radical (unpaired) electrons. The zero-order chi connectivity index (χ0) is 9.26. The minimum Gasteiger partial charge on any atom is -0.301 e. The molecule has 0 aliphatic carbocycles. The highest BCUT2D eigenvalue weighted by molar-refractivity contribution is 6.01. The fourth-order valence-corrected chi connectivity index (χ4v) is 1.36. The van der Waals surface area contributed by atoms with Gasteiger partial charge in [0.15, 0.2) is 0 Å². The van der Waals surface area contributed by atoms with Crippen LogP contribution < -0.4 is 4.90 Å². The number of hydrogen-bond donors (Lipinski definition) is 0. The van der Waals surface area contributed by atoms with Crippen LogP contribution >= 0.6 is 0 Å². The highest BCUT2D eigenvalue weighted by Gasteiger charge is 2.27. The lowest BCUT2D eigenvalue weighted by Gasteiger charge is -2.11. The van der Waals surface area contributed by atoms with Crippen LogP contribution in [0.2, 0.25) is 0 Å². The van der Waals surface area contributed by atoms with Crippen molar-refractivity contribution in [3.05, 3.63) is 18.1 Å². The largest absolute Gasteiger partial charge is 0.301 e. The van der Waals surface area contributed by atoms with E-state index in [0.717, 1.165) is 5.56 Å². The van der Waals surface area contributed by atoms with Crippen LogP contribution in [-0.4, -0.2) is 28.7 Å². The SMILES string of the molecule is O=CCN1C(=O)Cc2cncnc21. The number of aldehydes is 1. The smallest absolute Gasteiger partial charge is 0.233 e. The van der Waals surface area contributed by atoms with E-state index in [0.29, 0.717) is 18.5 Å². The third kappa shape index (κ3) is 1.18. The second-order valence-electron chi connectivity index (χ2n) is 2.72. The van der Waals surface area contributed by atoms with Gasteiger partial charge in [-0.2, -0.15) is 0 Å².